The van der Waals surface area contributed by atoms with Crippen LogP contribution < -0.4 is 16.2 Å². The minimum absolute atomic E-state index is 0.0822. The summed E-state index contributed by atoms with van der Waals surface area (Å²) in [4.78, 5) is 34.5. The lowest BCUT2D eigenvalue weighted by molar-refractivity contribution is -0.383. The highest BCUT2D eigenvalue weighted by Gasteiger charge is 2.24. The number of anilines is 3. The second kappa shape index (κ2) is 8.06. The van der Waals surface area contributed by atoms with E-state index in [1.807, 2.05) is 0 Å². The van der Waals surface area contributed by atoms with Crippen molar-refractivity contribution in [2.45, 2.75) is 0 Å². The number of para-hydroxylation sites is 1. The van der Waals surface area contributed by atoms with Crippen LogP contribution in [0.5, 0.6) is 0 Å². The van der Waals surface area contributed by atoms with E-state index in [0.717, 1.165) is 6.33 Å². The largest absolute Gasteiger partial charge is 0.355 e. The van der Waals surface area contributed by atoms with Gasteiger partial charge in [0.2, 0.25) is 11.6 Å². The van der Waals surface area contributed by atoms with Crippen molar-refractivity contribution < 1.29 is 9.72 Å². The first-order valence-corrected chi connectivity index (χ1v) is 7.91. The summed E-state index contributed by atoms with van der Waals surface area (Å²) in [6, 6.07) is 9.85. The number of hydrogen-bond acceptors (Lipinski definition) is 8. The van der Waals surface area contributed by atoms with Gasteiger partial charge in [-0.15, -0.1) is 0 Å². The first-order chi connectivity index (χ1) is 13.1. The second-order valence-electron chi connectivity index (χ2n) is 5.10. The van der Waals surface area contributed by atoms with E-state index in [0.29, 0.717) is 10.7 Å². The van der Waals surface area contributed by atoms with E-state index < -0.39 is 16.5 Å². The summed E-state index contributed by atoms with van der Waals surface area (Å²) in [7, 11) is 0. The van der Waals surface area contributed by atoms with Crippen molar-refractivity contribution in [2.24, 2.45) is 0 Å². The zero-order valence-electron chi connectivity index (χ0n) is 13.6. The Morgan fingerprint density at radius 3 is 2.59 bits per heavy atom. The Labute approximate surface area is 157 Å². The maximum atomic E-state index is 12.1. The predicted octanol–water partition coefficient (Wildman–Crippen LogP) is 2.93. The maximum Gasteiger partial charge on any atom is 0.355 e. The second-order valence-corrected chi connectivity index (χ2v) is 5.51. The first-order valence-electron chi connectivity index (χ1n) is 7.53. The topological polar surface area (TPSA) is 135 Å². The molecule has 136 valence electrons. The lowest BCUT2D eigenvalue weighted by atomic mass is 10.3. The summed E-state index contributed by atoms with van der Waals surface area (Å²) in [6.45, 7) is 0. The normalized spacial score (nSPS) is 10.1. The van der Waals surface area contributed by atoms with Gasteiger partial charge in [0.1, 0.15) is 6.33 Å². The lowest BCUT2D eigenvalue weighted by Gasteiger charge is -2.11. The molecule has 0 aliphatic rings. The van der Waals surface area contributed by atoms with E-state index in [9.17, 15) is 14.9 Å². The fraction of sp³-hybridized carbons (Fsp3) is 0. The Kier molecular flexibility index (Phi) is 5.38. The maximum absolute atomic E-state index is 12.1. The molecule has 3 rings (SSSR count). The summed E-state index contributed by atoms with van der Waals surface area (Å²) in [5.74, 6) is -0.806. The fourth-order valence-corrected chi connectivity index (χ4v) is 2.29. The molecule has 3 N–H and O–H groups in total. The molecule has 0 aliphatic heterocycles. The van der Waals surface area contributed by atoms with Crippen LogP contribution in [0.2, 0.25) is 5.02 Å². The van der Waals surface area contributed by atoms with E-state index in [4.69, 9.17) is 11.6 Å². The number of carbonyl (C=O) groups is 1. The van der Waals surface area contributed by atoms with Crippen molar-refractivity contribution in [2.75, 3.05) is 10.7 Å². The average molecular weight is 386 g/mol. The van der Waals surface area contributed by atoms with Crippen LogP contribution in [0.25, 0.3) is 0 Å². The third-order valence-corrected chi connectivity index (χ3v) is 3.68. The number of nitrogens with one attached hydrogen (secondary N) is 3. The Morgan fingerprint density at radius 2 is 1.89 bits per heavy atom. The van der Waals surface area contributed by atoms with Crippen LogP contribution >= 0.6 is 11.6 Å². The van der Waals surface area contributed by atoms with E-state index in [1.165, 1.54) is 12.4 Å². The Balaban J connectivity index is 1.84. The molecule has 0 aliphatic carbocycles. The van der Waals surface area contributed by atoms with Crippen molar-refractivity contribution in [3.63, 3.8) is 0 Å². The highest BCUT2D eigenvalue weighted by atomic mass is 35.5. The number of pyridine rings is 1. The van der Waals surface area contributed by atoms with Gasteiger partial charge in [-0.3, -0.25) is 30.7 Å². The number of nitrogens with zero attached hydrogens (tertiary/aromatic N) is 4. The number of amides is 1. The number of rotatable bonds is 6. The molecular formula is C16H12ClN7O3. The molecule has 1 aromatic carbocycles. The minimum Gasteiger partial charge on any atom is -0.333 e. The summed E-state index contributed by atoms with van der Waals surface area (Å²) < 4.78 is 0. The molecular weight excluding hydrogens is 374 g/mol. The van der Waals surface area contributed by atoms with Crippen molar-refractivity contribution in [1.82, 2.24) is 20.4 Å². The van der Waals surface area contributed by atoms with Crippen LogP contribution in [0, 0.1) is 10.1 Å². The van der Waals surface area contributed by atoms with Crippen molar-refractivity contribution >= 4 is 40.5 Å². The van der Waals surface area contributed by atoms with E-state index in [1.54, 1.807) is 36.4 Å². The van der Waals surface area contributed by atoms with Crippen molar-refractivity contribution in [3.05, 3.63) is 75.8 Å². The molecule has 0 fully saturated rings. The van der Waals surface area contributed by atoms with Gasteiger partial charge in [-0.2, -0.15) is 0 Å². The average Bonchev–Trinajstić information content (AvgIpc) is 2.68. The molecule has 0 saturated carbocycles. The van der Waals surface area contributed by atoms with Crippen LogP contribution in [0.3, 0.4) is 0 Å². The summed E-state index contributed by atoms with van der Waals surface area (Å²) in [5.41, 5.74) is 5.03. The highest BCUT2D eigenvalue weighted by molar-refractivity contribution is 6.33. The Bertz CT molecular complexity index is 985. The predicted molar refractivity (Wildman–Crippen MR) is 98.7 cm³/mol. The molecule has 0 saturated heterocycles. The highest BCUT2D eigenvalue weighted by Crippen LogP contribution is 2.32. The van der Waals surface area contributed by atoms with Crippen molar-refractivity contribution in [1.29, 1.82) is 0 Å². The lowest BCUT2D eigenvalue weighted by Crippen LogP contribution is -2.30. The molecule has 0 bridgehead atoms. The van der Waals surface area contributed by atoms with Crippen LogP contribution in [0.1, 0.15) is 10.4 Å². The summed E-state index contributed by atoms with van der Waals surface area (Å²) >= 11 is 6.06. The summed E-state index contributed by atoms with van der Waals surface area (Å²) in [5, 5.41) is 14.7. The van der Waals surface area contributed by atoms with Crippen molar-refractivity contribution in [3.8, 4) is 0 Å². The number of hydrogen-bond donors (Lipinski definition) is 3. The molecule has 0 spiro atoms. The minimum atomic E-state index is -0.669. The fourth-order valence-electron chi connectivity index (χ4n) is 2.11. The number of nitro groups is 1. The first kappa shape index (κ1) is 18.0. The molecule has 0 atom stereocenters. The molecule has 2 heterocycles. The van der Waals surface area contributed by atoms with Crippen LogP contribution in [0.4, 0.5) is 23.0 Å². The Morgan fingerprint density at radius 1 is 1.11 bits per heavy atom. The Hall–Kier alpha value is -3.79. The molecule has 3 aromatic rings. The molecule has 11 heteroatoms. The molecule has 2 aromatic heterocycles. The van der Waals surface area contributed by atoms with E-state index in [-0.39, 0.29) is 17.2 Å². The van der Waals surface area contributed by atoms with Gasteiger partial charge in [-0.05, 0) is 24.3 Å². The van der Waals surface area contributed by atoms with Crippen LogP contribution in [-0.4, -0.2) is 25.8 Å². The monoisotopic (exact) mass is 385 g/mol. The SMILES string of the molecule is O=C(NNc1ncnc(Nc2ccccc2Cl)c1[N+](=O)[O-])c1cccnc1. The standard InChI is InChI=1S/C16H12ClN7O3/c17-11-5-1-2-6-12(11)21-14-13(24(26)27)15(20-9-19-14)22-23-16(25)10-4-3-7-18-8-10/h1-9H,(H,23,25)(H2,19,20,21,22). The van der Waals surface area contributed by atoms with Crippen LogP contribution in [0.15, 0.2) is 55.1 Å². The zero-order valence-corrected chi connectivity index (χ0v) is 14.3. The van der Waals surface area contributed by atoms with E-state index >= 15 is 0 Å². The van der Waals surface area contributed by atoms with Gasteiger partial charge in [0.25, 0.3) is 5.91 Å². The number of hydrazine groups is 1. The number of halogens is 1. The molecule has 10 nitrogen and oxygen atoms in total. The number of aromatic nitrogens is 3. The van der Waals surface area contributed by atoms with Gasteiger partial charge < -0.3 is 5.32 Å². The molecule has 27 heavy (non-hydrogen) atoms. The molecule has 0 radical (unpaired) electrons. The number of carbonyl (C=O) groups excluding carboxylic acids is 1. The quantitative estimate of drug-likeness (QED) is 0.435. The van der Waals surface area contributed by atoms with Gasteiger partial charge >= 0.3 is 5.69 Å². The van der Waals surface area contributed by atoms with Gasteiger partial charge in [0.05, 0.1) is 21.2 Å². The van der Waals surface area contributed by atoms with Gasteiger partial charge in [0, 0.05) is 12.4 Å². The van der Waals surface area contributed by atoms with Gasteiger partial charge in [-0.1, -0.05) is 23.7 Å². The molecule has 0 unspecified atom stereocenters. The van der Waals surface area contributed by atoms with Gasteiger partial charge in [-0.25, -0.2) is 9.97 Å². The van der Waals surface area contributed by atoms with Gasteiger partial charge in [0.15, 0.2) is 0 Å². The third kappa shape index (κ3) is 4.25. The van der Waals surface area contributed by atoms with Crippen LogP contribution in [-0.2, 0) is 0 Å². The number of benzene rings is 1. The third-order valence-electron chi connectivity index (χ3n) is 3.35. The zero-order chi connectivity index (χ0) is 19.2. The summed E-state index contributed by atoms with van der Waals surface area (Å²) in [6.07, 6.45) is 3.99. The molecule has 1 amide bonds. The smallest absolute Gasteiger partial charge is 0.333 e. The van der Waals surface area contributed by atoms with E-state index in [2.05, 4.69) is 31.1 Å².